The normalized spacial score (nSPS) is 16.1. The van der Waals surface area contributed by atoms with Crippen molar-refractivity contribution in [2.45, 2.75) is 19.3 Å². The van der Waals surface area contributed by atoms with Crippen molar-refractivity contribution in [3.8, 4) is 0 Å². The van der Waals surface area contributed by atoms with E-state index in [1.54, 1.807) is 0 Å². The molecule has 0 spiro atoms. The molecule has 1 aromatic heterocycles. The Morgan fingerprint density at radius 2 is 2.14 bits per heavy atom. The minimum atomic E-state index is -0.853. The van der Waals surface area contributed by atoms with E-state index in [2.05, 4.69) is 15.1 Å². The van der Waals surface area contributed by atoms with Gasteiger partial charge in [0.25, 0.3) is 0 Å². The molecule has 0 saturated carbocycles. The molecule has 1 aliphatic rings. The predicted octanol–water partition coefficient (Wildman–Crippen LogP) is 0.765. The molecule has 0 unspecified atom stereocenters. The molecule has 1 fully saturated rings. The number of carboxylic acids is 1. The van der Waals surface area contributed by atoms with Gasteiger partial charge < -0.3 is 10.0 Å². The maximum Gasteiger partial charge on any atom is 0.310 e. The van der Waals surface area contributed by atoms with Crippen molar-refractivity contribution in [3.05, 3.63) is 5.01 Å². The van der Waals surface area contributed by atoms with Crippen molar-refractivity contribution in [3.63, 3.8) is 0 Å². The van der Waals surface area contributed by atoms with Crippen LogP contribution in [-0.4, -0.2) is 34.4 Å². The third-order valence-corrected chi connectivity index (χ3v) is 3.12. The highest BCUT2D eigenvalue weighted by Crippen LogP contribution is 2.24. The van der Waals surface area contributed by atoms with Crippen LogP contribution in [-0.2, 0) is 11.2 Å². The zero-order valence-electron chi connectivity index (χ0n) is 7.64. The van der Waals surface area contributed by atoms with Crippen molar-refractivity contribution in [1.82, 2.24) is 10.2 Å². The first-order valence-corrected chi connectivity index (χ1v) is 5.36. The summed E-state index contributed by atoms with van der Waals surface area (Å²) >= 11 is 1.38. The Bertz CT molecular complexity index is 333. The molecule has 76 valence electrons. The lowest BCUT2D eigenvalue weighted by atomic mass is 10.4. The predicted molar refractivity (Wildman–Crippen MR) is 52.7 cm³/mol. The first-order chi connectivity index (χ1) is 6.75. The number of aromatic nitrogens is 2. The summed E-state index contributed by atoms with van der Waals surface area (Å²) in [6, 6.07) is 0. The van der Waals surface area contributed by atoms with Crippen LogP contribution in [0, 0.1) is 0 Å². The van der Waals surface area contributed by atoms with Gasteiger partial charge in [-0.2, -0.15) is 0 Å². The molecule has 1 aromatic rings. The smallest absolute Gasteiger partial charge is 0.310 e. The second-order valence-electron chi connectivity index (χ2n) is 3.24. The molecular formula is C8H11N3O2S. The molecule has 1 N–H and O–H groups in total. The van der Waals surface area contributed by atoms with Crippen LogP contribution in [0.5, 0.6) is 0 Å². The molecule has 0 radical (unpaired) electrons. The van der Waals surface area contributed by atoms with E-state index in [1.165, 1.54) is 24.2 Å². The van der Waals surface area contributed by atoms with Gasteiger partial charge in [-0.3, -0.25) is 4.79 Å². The monoisotopic (exact) mass is 213 g/mol. The first kappa shape index (κ1) is 9.39. The van der Waals surface area contributed by atoms with Gasteiger partial charge in [-0.15, -0.1) is 10.2 Å². The summed E-state index contributed by atoms with van der Waals surface area (Å²) in [7, 11) is 0. The minimum Gasteiger partial charge on any atom is -0.481 e. The largest absolute Gasteiger partial charge is 0.481 e. The van der Waals surface area contributed by atoms with E-state index in [-0.39, 0.29) is 6.42 Å². The fourth-order valence-corrected chi connectivity index (χ4v) is 2.36. The summed E-state index contributed by atoms with van der Waals surface area (Å²) in [6.07, 6.45) is 2.35. The maximum atomic E-state index is 10.4. The fraction of sp³-hybridized carbons (Fsp3) is 0.625. The highest BCUT2D eigenvalue weighted by molar-refractivity contribution is 7.15. The van der Waals surface area contributed by atoms with E-state index >= 15 is 0 Å². The van der Waals surface area contributed by atoms with E-state index in [0.29, 0.717) is 5.01 Å². The number of anilines is 1. The summed E-state index contributed by atoms with van der Waals surface area (Å²) in [4.78, 5) is 12.6. The number of rotatable bonds is 3. The van der Waals surface area contributed by atoms with E-state index in [1.807, 2.05) is 0 Å². The van der Waals surface area contributed by atoms with Crippen molar-refractivity contribution in [2.75, 3.05) is 18.0 Å². The van der Waals surface area contributed by atoms with Crippen LogP contribution in [0.4, 0.5) is 5.13 Å². The van der Waals surface area contributed by atoms with E-state index in [0.717, 1.165) is 18.2 Å². The Morgan fingerprint density at radius 3 is 2.79 bits per heavy atom. The number of hydrogen-bond donors (Lipinski definition) is 1. The van der Waals surface area contributed by atoms with Crippen molar-refractivity contribution < 1.29 is 9.90 Å². The van der Waals surface area contributed by atoms with Gasteiger partial charge >= 0.3 is 5.97 Å². The Hall–Kier alpha value is -1.17. The van der Waals surface area contributed by atoms with E-state index < -0.39 is 5.97 Å². The third kappa shape index (κ3) is 2.01. The minimum absolute atomic E-state index is 0.0223. The maximum absolute atomic E-state index is 10.4. The molecular weight excluding hydrogens is 202 g/mol. The molecule has 0 aliphatic carbocycles. The number of aliphatic carboxylic acids is 1. The topological polar surface area (TPSA) is 66.3 Å². The second-order valence-corrected chi connectivity index (χ2v) is 4.28. The summed E-state index contributed by atoms with van der Waals surface area (Å²) in [6.45, 7) is 2.03. The molecule has 2 rings (SSSR count). The Labute approximate surface area is 85.4 Å². The summed E-state index contributed by atoms with van der Waals surface area (Å²) in [5, 5.41) is 17.8. The quantitative estimate of drug-likeness (QED) is 0.803. The average molecular weight is 213 g/mol. The van der Waals surface area contributed by atoms with Gasteiger partial charge in [0.2, 0.25) is 5.13 Å². The highest BCUT2D eigenvalue weighted by atomic mass is 32.1. The summed E-state index contributed by atoms with van der Waals surface area (Å²) in [5.74, 6) is -0.853. The van der Waals surface area contributed by atoms with Crippen LogP contribution in [0.25, 0.3) is 0 Å². The zero-order chi connectivity index (χ0) is 9.97. The van der Waals surface area contributed by atoms with Gasteiger partial charge in [-0.1, -0.05) is 11.3 Å². The molecule has 1 saturated heterocycles. The SMILES string of the molecule is O=C(O)Cc1nnc(N2CCCC2)s1. The lowest BCUT2D eigenvalue weighted by molar-refractivity contribution is -0.136. The molecule has 0 amide bonds. The van der Waals surface area contributed by atoms with E-state index in [4.69, 9.17) is 5.11 Å². The number of carbonyl (C=O) groups is 1. The van der Waals surface area contributed by atoms with Crippen LogP contribution in [0.3, 0.4) is 0 Å². The average Bonchev–Trinajstić information content (AvgIpc) is 2.69. The van der Waals surface area contributed by atoms with Gasteiger partial charge in [0.15, 0.2) is 0 Å². The lowest BCUT2D eigenvalue weighted by Gasteiger charge is -2.10. The Kier molecular flexibility index (Phi) is 2.62. The van der Waals surface area contributed by atoms with Gasteiger partial charge in [-0.25, -0.2) is 0 Å². The molecule has 14 heavy (non-hydrogen) atoms. The standard InChI is InChI=1S/C8H11N3O2S/c12-7(13)5-6-9-10-8(14-6)11-3-1-2-4-11/h1-5H2,(H,12,13). The highest BCUT2D eigenvalue weighted by Gasteiger charge is 2.17. The molecule has 5 nitrogen and oxygen atoms in total. The van der Waals surface area contributed by atoms with Gasteiger partial charge in [0.1, 0.15) is 5.01 Å². The van der Waals surface area contributed by atoms with Crippen molar-refractivity contribution >= 4 is 22.4 Å². The fourth-order valence-electron chi connectivity index (χ4n) is 1.48. The summed E-state index contributed by atoms with van der Waals surface area (Å²) in [5.41, 5.74) is 0. The molecule has 0 bridgehead atoms. The molecule has 1 aliphatic heterocycles. The summed E-state index contributed by atoms with van der Waals surface area (Å²) < 4.78 is 0. The van der Waals surface area contributed by atoms with Gasteiger partial charge in [0.05, 0.1) is 6.42 Å². The van der Waals surface area contributed by atoms with Crippen LogP contribution in [0.15, 0.2) is 0 Å². The molecule has 0 atom stereocenters. The van der Waals surface area contributed by atoms with Crippen LogP contribution >= 0.6 is 11.3 Å². The number of carboxylic acid groups (broad SMARTS) is 1. The first-order valence-electron chi connectivity index (χ1n) is 4.55. The lowest BCUT2D eigenvalue weighted by Crippen LogP contribution is -2.17. The molecule has 2 heterocycles. The van der Waals surface area contributed by atoms with E-state index in [9.17, 15) is 4.79 Å². The third-order valence-electron chi connectivity index (χ3n) is 2.14. The zero-order valence-corrected chi connectivity index (χ0v) is 8.46. The second kappa shape index (κ2) is 3.91. The van der Waals surface area contributed by atoms with Crippen molar-refractivity contribution in [1.29, 1.82) is 0 Å². The van der Waals surface area contributed by atoms with Crippen molar-refractivity contribution in [2.24, 2.45) is 0 Å². The number of hydrogen-bond acceptors (Lipinski definition) is 5. The molecule has 0 aromatic carbocycles. The molecule has 6 heteroatoms. The van der Waals surface area contributed by atoms with Crippen LogP contribution in [0.1, 0.15) is 17.8 Å². The van der Waals surface area contributed by atoms with Crippen LogP contribution < -0.4 is 4.90 Å². The van der Waals surface area contributed by atoms with Gasteiger partial charge in [-0.05, 0) is 12.8 Å². The Balaban J connectivity index is 2.05. The van der Waals surface area contributed by atoms with Gasteiger partial charge in [0, 0.05) is 13.1 Å². The Morgan fingerprint density at radius 1 is 1.43 bits per heavy atom. The van der Waals surface area contributed by atoms with Crippen LogP contribution in [0.2, 0.25) is 0 Å². The number of nitrogens with zero attached hydrogens (tertiary/aromatic N) is 3.